The van der Waals surface area contributed by atoms with Gasteiger partial charge < -0.3 is 15.5 Å². The normalized spacial score (nSPS) is 21.7. The van der Waals surface area contributed by atoms with Crippen molar-refractivity contribution >= 4 is 5.96 Å². The summed E-state index contributed by atoms with van der Waals surface area (Å²) in [5.41, 5.74) is 1.40. The number of likely N-dealkylation sites (tertiary alicyclic amines) is 1. The summed E-state index contributed by atoms with van der Waals surface area (Å²) in [6, 6.07) is 12.4. The molecule has 2 N–H and O–H groups in total. The third-order valence-electron chi connectivity index (χ3n) is 5.53. The topological polar surface area (TPSA) is 42.9 Å². The lowest BCUT2D eigenvalue weighted by molar-refractivity contribution is 0.134. The van der Waals surface area contributed by atoms with Crippen molar-refractivity contribution in [1.29, 1.82) is 0 Å². The van der Waals surface area contributed by atoms with Gasteiger partial charge >= 0.3 is 0 Å². The number of likely N-dealkylation sites (N-methyl/N-ethyl adjacent to an activating group) is 1. The van der Waals surface area contributed by atoms with Gasteiger partial charge in [-0.3, -0.25) is 9.89 Å². The van der Waals surface area contributed by atoms with E-state index in [2.05, 4.69) is 85.5 Å². The van der Waals surface area contributed by atoms with E-state index in [9.17, 15) is 0 Å². The average molecular weight is 374 g/mol. The minimum atomic E-state index is 0.493. The summed E-state index contributed by atoms with van der Waals surface area (Å²) in [7, 11) is 2.16. The molecule has 2 unspecified atom stereocenters. The number of nitrogens with zero attached hydrogens (tertiary/aromatic N) is 3. The van der Waals surface area contributed by atoms with Crippen molar-refractivity contribution in [2.45, 2.75) is 65.2 Å². The first kappa shape index (κ1) is 21.7. The lowest BCUT2D eigenvalue weighted by Crippen LogP contribution is -2.51. The summed E-state index contributed by atoms with van der Waals surface area (Å²) in [5.74, 6) is 0.961. The predicted octanol–water partition coefficient (Wildman–Crippen LogP) is 2.93. The van der Waals surface area contributed by atoms with E-state index in [4.69, 9.17) is 4.99 Å². The van der Waals surface area contributed by atoms with Gasteiger partial charge in [-0.1, -0.05) is 30.3 Å². The van der Waals surface area contributed by atoms with Crippen LogP contribution >= 0.6 is 0 Å². The molecule has 1 aromatic carbocycles. The summed E-state index contributed by atoms with van der Waals surface area (Å²) in [5, 5.41) is 7.07. The molecule has 0 spiro atoms. The third-order valence-corrected chi connectivity index (χ3v) is 5.53. The van der Waals surface area contributed by atoms with Crippen molar-refractivity contribution < 1.29 is 0 Å². The van der Waals surface area contributed by atoms with E-state index in [0.29, 0.717) is 18.1 Å². The fraction of sp³-hybridized carbons (Fsp3) is 0.682. The minimum absolute atomic E-state index is 0.493. The first-order valence-corrected chi connectivity index (χ1v) is 10.5. The predicted molar refractivity (Wildman–Crippen MR) is 116 cm³/mol. The van der Waals surface area contributed by atoms with E-state index in [1.165, 1.54) is 5.56 Å². The van der Waals surface area contributed by atoms with Crippen LogP contribution in [0.3, 0.4) is 0 Å². The Kier molecular flexibility index (Phi) is 9.08. The number of rotatable bonds is 8. The quantitative estimate of drug-likeness (QED) is 0.543. The zero-order valence-corrected chi connectivity index (χ0v) is 17.9. The van der Waals surface area contributed by atoms with E-state index in [0.717, 1.165) is 51.5 Å². The van der Waals surface area contributed by atoms with Gasteiger partial charge in [0.15, 0.2) is 5.96 Å². The second-order valence-corrected chi connectivity index (χ2v) is 8.01. The van der Waals surface area contributed by atoms with Gasteiger partial charge in [0.1, 0.15) is 0 Å². The van der Waals surface area contributed by atoms with Gasteiger partial charge in [0, 0.05) is 44.3 Å². The highest BCUT2D eigenvalue weighted by molar-refractivity contribution is 5.80. The summed E-state index contributed by atoms with van der Waals surface area (Å²) in [6.45, 7) is 13.8. The molecule has 1 aliphatic heterocycles. The van der Waals surface area contributed by atoms with Gasteiger partial charge in [-0.25, -0.2) is 0 Å². The fourth-order valence-corrected chi connectivity index (χ4v) is 3.50. The second-order valence-electron chi connectivity index (χ2n) is 8.01. The summed E-state index contributed by atoms with van der Waals surface area (Å²) in [4.78, 5) is 9.70. The molecule has 0 saturated carbocycles. The molecule has 1 heterocycles. The molecule has 5 nitrogen and oxygen atoms in total. The van der Waals surface area contributed by atoms with E-state index >= 15 is 0 Å². The molecule has 0 bridgehead atoms. The largest absolute Gasteiger partial charge is 0.357 e. The molecule has 0 radical (unpaired) electrons. The highest BCUT2D eigenvalue weighted by Gasteiger charge is 2.25. The monoisotopic (exact) mass is 373 g/mol. The van der Waals surface area contributed by atoms with E-state index in [1.807, 2.05) is 0 Å². The molecule has 1 aliphatic rings. The maximum atomic E-state index is 4.78. The van der Waals surface area contributed by atoms with E-state index < -0.39 is 0 Å². The Hall–Kier alpha value is -1.59. The number of hydrogen-bond donors (Lipinski definition) is 2. The first-order chi connectivity index (χ1) is 13.0. The Morgan fingerprint density at radius 1 is 1.30 bits per heavy atom. The average Bonchev–Trinajstić information content (AvgIpc) is 2.64. The van der Waals surface area contributed by atoms with Crippen LogP contribution in [0.1, 0.15) is 46.1 Å². The highest BCUT2D eigenvalue weighted by Crippen LogP contribution is 2.19. The molecule has 1 aromatic rings. The van der Waals surface area contributed by atoms with Gasteiger partial charge in [0.25, 0.3) is 0 Å². The number of piperidine rings is 1. The van der Waals surface area contributed by atoms with Crippen LogP contribution in [0.5, 0.6) is 0 Å². The van der Waals surface area contributed by atoms with Crippen LogP contribution in [-0.4, -0.2) is 67.1 Å². The fourth-order valence-electron chi connectivity index (χ4n) is 3.50. The second kappa shape index (κ2) is 11.3. The van der Waals surface area contributed by atoms with Crippen LogP contribution in [0.4, 0.5) is 0 Å². The van der Waals surface area contributed by atoms with Crippen molar-refractivity contribution in [1.82, 2.24) is 20.4 Å². The Labute approximate surface area is 166 Å². The van der Waals surface area contributed by atoms with E-state index in [1.54, 1.807) is 0 Å². The van der Waals surface area contributed by atoms with Crippen molar-refractivity contribution in [2.75, 3.05) is 33.2 Å². The Morgan fingerprint density at radius 2 is 2.04 bits per heavy atom. The molecular weight excluding hydrogens is 334 g/mol. The Bertz CT molecular complexity index is 557. The summed E-state index contributed by atoms with van der Waals surface area (Å²) in [6.07, 6.45) is 2.32. The molecule has 2 rings (SSSR count). The third kappa shape index (κ3) is 7.51. The zero-order chi connectivity index (χ0) is 19.6. The maximum absolute atomic E-state index is 4.78. The molecule has 152 valence electrons. The maximum Gasteiger partial charge on any atom is 0.191 e. The molecule has 0 aliphatic carbocycles. The van der Waals surface area contributed by atoms with Crippen LogP contribution in [0.2, 0.25) is 0 Å². The van der Waals surface area contributed by atoms with E-state index in [-0.39, 0.29) is 0 Å². The van der Waals surface area contributed by atoms with Crippen molar-refractivity contribution in [2.24, 2.45) is 4.99 Å². The molecular formula is C22H39N5. The molecule has 2 atom stereocenters. The lowest BCUT2D eigenvalue weighted by Gasteiger charge is -2.38. The number of guanidine groups is 1. The number of aliphatic imine (C=N–C) groups is 1. The highest BCUT2D eigenvalue weighted by atomic mass is 15.2. The first-order valence-electron chi connectivity index (χ1n) is 10.5. The van der Waals surface area contributed by atoms with Crippen LogP contribution in [0.15, 0.2) is 35.3 Å². The molecule has 0 aromatic heterocycles. The number of hydrogen-bond acceptors (Lipinski definition) is 3. The van der Waals surface area contributed by atoms with Crippen molar-refractivity contribution in [3.8, 4) is 0 Å². The molecule has 1 fully saturated rings. The number of benzene rings is 1. The molecule has 27 heavy (non-hydrogen) atoms. The van der Waals surface area contributed by atoms with Gasteiger partial charge in [0.2, 0.25) is 0 Å². The standard InChI is InChI=1S/C22H39N5/c1-6-23-22(24-13-15-26(5)18(2)3)25-21-12-14-27(19(4)16-21)17-20-10-8-7-9-11-20/h7-11,18-19,21H,6,12-17H2,1-5H3,(H2,23,24,25). The summed E-state index contributed by atoms with van der Waals surface area (Å²) < 4.78 is 0. The van der Waals surface area contributed by atoms with Gasteiger partial charge in [-0.05, 0) is 53.1 Å². The lowest BCUT2D eigenvalue weighted by atomic mass is 9.97. The molecule has 1 saturated heterocycles. The van der Waals surface area contributed by atoms with Crippen LogP contribution < -0.4 is 10.6 Å². The zero-order valence-electron chi connectivity index (χ0n) is 17.9. The van der Waals surface area contributed by atoms with Crippen molar-refractivity contribution in [3.05, 3.63) is 35.9 Å². The van der Waals surface area contributed by atoms with Crippen molar-refractivity contribution in [3.63, 3.8) is 0 Å². The van der Waals surface area contributed by atoms with Gasteiger partial charge in [-0.2, -0.15) is 0 Å². The Balaban J connectivity index is 1.83. The smallest absolute Gasteiger partial charge is 0.191 e. The summed E-state index contributed by atoms with van der Waals surface area (Å²) >= 11 is 0. The SMILES string of the molecule is CCNC(=NCCN(C)C(C)C)NC1CCN(Cc2ccccc2)C(C)C1. The van der Waals surface area contributed by atoms with Crippen LogP contribution in [-0.2, 0) is 6.54 Å². The molecule has 5 heteroatoms. The van der Waals surface area contributed by atoms with Crippen LogP contribution in [0, 0.1) is 0 Å². The molecule has 0 amide bonds. The van der Waals surface area contributed by atoms with Gasteiger partial charge in [-0.15, -0.1) is 0 Å². The Morgan fingerprint density at radius 3 is 2.67 bits per heavy atom. The van der Waals surface area contributed by atoms with Gasteiger partial charge in [0.05, 0.1) is 6.54 Å². The number of nitrogens with one attached hydrogen (secondary N) is 2. The minimum Gasteiger partial charge on any atom is -0.357 e. The van der Waals surface area contributed by atoms with Crippen LogP contribution in [0.25, 0.3) is 0 Å².